The molecule has 2 aromatic rings. The van der Waals surface area contributed by atoms with Crippen molar-refractivity contribution in [2.75, 3.05) is 25.1 Å². The van der Waals surface area contributed by atoms with E-state index in [9.17, 15) is 4.79 Å². The van der Waals surface area contributed by atoms with Crippen molar-refractivity contribution in [3.05, 3.63) is 40.5 Å². The number of aromatic nitrogens is 2. The number of halogens is 1. The van der Waals surface area contributed by atoms with Crippen LogP contribution in [0, 0.1) is 0 Å². The SMILES string of the molecule is CCO[C@H](C)c1noc(CN(C)C(=O)N2CCc3c(Cl)cccc32)n1. The number of amides is 2. The Morgan fingerprint density at radius 1 is 1.52 bits per heavy atom. The molecule has 134 valence electrons. The lowest BCUT2D eigenvalue weighted by Gasteiger charge is -2.24. The second kappa shape index (κ2) is 7.41. The molecule has 0 saturated heterocycles. The number of rotatable bonds is 5. The Morgan fingerprint density at radius 2 is 2.32 bits per heavy atom. The number of nitrogens with zero attached hydrogens (tertiary/aromatic N) is 4. The van der Waals surface area contributed by atoms with E-state index >= 15 is 0 Å². The van der Waals surface area contributed by atoms with Crippen LogP contribution >= 0.6 is 11.6 Å². The van der Waals surface area contributed by atoms with Crippen LogP contribution in [-0.4, -0.2) is 41.3 Å². The van der Waals surface area contributed by atoms with Crippen molar-refractivity contribution in [3.63, 3.8) is 0 Å². The van der Waals surface area contributed by atoms with Crippen LogP contribution in [0.2, 0.25) is 5.02 Å². The highest BCUT2D eigenvalue weighted by Gasteiger charge is 2.29. The highest BCUT2D eigenvalue weighted by molar-refractivity contribution is 6.32. The normalized spacial score (nSPS) is 14.5. The molecule has 0 aliphatic carbocycles. The van der Waals surface area contributed by atoms with E-state index in [-0.39, 0.29) is 18.7 Å². The Hall–Kier alpha value is -2.12. The van der Waals surface area contributed by atoms with Crippen molar-refractivity contribution in [1.29, 1.82) is 0 Å². The molecule has 1 aliphatic heterocycles. The summed E-state index contributed by atoms with van der Waals surface area (Å²) < 4.78 is 10.7. The predicted molar refractivity (Wildman–Crippen MR) is 93.7 cm³/mol. The Kier molecular flexibility index (Phi) is 5.24. The fourth-order valence-electron chi connectivity index (χ4n) is 2.89. The molecule has 0 unspecified atom stereocenters. The van der Waals surface area contributed by atoms with Gasteiger partial charge in [-0.25, -0.2) is 4.79 Å². The number of benzene rings is 1. The average molecular weight is 365 g/mol. The molecule has 1 aromatic heterocycles. The van der Waals surface area contributed by atoms with Gasteiger partial charge in [0.25, 0.3) is 0 Å². The molecule has 0 bridgehead atoms. The molecule has 1 atom stereocenters. The topological polar surface area (TPSA) is 71.7 Å². The second-order valence-corrected chi connectivity index (χ2v) is 6.33. The van der Waals surface area contributed by atoms with E-state index in [2.05, 4.69) is 10.1 Å². The van der Waals surface area contributed by atoms with Gasteiger partial charge in [-0.05, 0) is 38.0 Å². The molecule has 2 heterocycles. The quantitative estimate of drug-likeness (QED) is 0.812. The third-order valence-electron chi connectivity index (χ3n) is 4.16. The summed E-state index contributed by atoms with van der Waals surface area (Å²) in [4.78, 5) is 20.3. The largest absolute Gasteiger partial charge is 0.371 e. The van der Waals surface area contributed by atoms with E-state index in [4.69, 9.17) is 20.9 Å². The number of fused-ring (bicyclic) bond motifs is 1. The van der Waals surface area contributed by atoms with Crippen molar-refractivity contribution in [2.24, 2.45) is 0 Å². The van der Waals surface area contributed by atoms with Crippen molar-refractivity contribution in [1.82, 2.24) is 15.0 Å². The monoisotopic (exact) mass is 364 g/mol. The third-order valence-corrected chi connectivity index (χ3v) is 4.52. The smallest absolute Gasteiger partial charge is 0.324 e. The van der Waals surface area contributed by atoms with Gasteiger partial charge in [-0.15, -0.1) is 0 Å². The summed E-state index contributed by atoms with van der Waals surface area (Å²) in [5.41, 5.74) is 1.87. The summed E-state index contributed by atoms with van der Waals surface area (Å²) in [6, 6.07) is 5.48. The molecular weight excluding hydrogens is 344 g/mol. The standard InChI is InChI=1S/C17H21ClN4O3/c1-4-24-11(2)16-19-15(25-20-16)10-21(3)17(23)22-9-8-12-13(18)6-5-7-14(12)22/h5-7,11H,4,8-10H2,1-3H3/t11-/m1/s1. The van der Waals surface area contributed by atoms with Crippen LogP contribution in [0.25, 0.3) is 0 Å². The van der Waals surface area contributed by atoms with E-state index in [1.807, 2.05) is 32.0 Å². The molecule has 1 aromatic carbocycles. The minimum absolute atomic E-state index is 0.126. The summed E-state index contributed by atoms with van der Waals surface area (Å²) in [6.45, 7) is 5.18. The Bertz CT molecular complexity index is 764. The molecule has 0 saturated carbocycles. The third kappa shape index (κ3) is 3.62. The van der Waals surface area contributed by atoms with Gasteiger partial charge in [0.2, 0.25) is 5.89 Å². The van der Waals surface area contributed by atoms with E-state index < -0.39 is 0 Å². The van der Waals surface area contributed by atoms with Gasteiger partial charge in [-0.2, -0.15) is 4.98 Å². The second-order valence-electron chi connectivity index (χ2n) is 5.92. The van der Waals surface area contributed by atoms with Gasteiger partial charge in [0.1, 0.15) is 12.6 Å². The number of hydrogen-bond acceptors (Lipinski definition) is 5. The zero-order chi connectivity index (χ0) is 18.0. The number of ether oxygens (including phenoxy) is 1. The van der Waals surface area contributed by atoms with Gasteiger partial charge >= 0.3 is 6.03 Å². The minimum atomic E-state index is -0.240. The van der Waals surface area contributed by atoms with Crippen molar-refractivity contribution < 1.29 is 14.1 Å². The summed E-state index contributed by atoms with van der Waals surface area (Å²) in [7, 11) is 1.71. The molecule has 1 aliphatic rings. The van der Waals surface area contributed by atoms with Crippen LogP contribution in [0.15, 0.2) is 22.7 Å². The van der Waals surface area contributed by atoms with Crippen LogP contribution in [0.1, 0.15) is 37.2 Å². The molecule has 25 heavy (non-hydrogen) atoms. The average Bonchev–Trinajstić information content (AvgIpc) is 3.22. The highest BCUT2D eigenvalue weighted by atomic mass is 35.5. The van der Waals surface area contributed by atoms with Gasteiger partial charge in [0.05, 0.1) is 5.69 Å². The van der Waals surface area contributed by atoms with Gasteiger partial charge < -0.3 is 14.2 Å². The minimum Gasteiger partial charge on any atom is -0.371 e. The van der Waals surface area contributed by atoms with Crippen LogP contribution < -0.4 is 4.90 Å². The van der Waals surface area contributed by atoms with E-state index in [1.54, 1.807) is 16.8 Å². The van der Waals surface area contributed by atoms with Gasteiger partial charge in [-0.3, -0.25) is 4.90 Å². The summed E-state index contributed by atoms with van der Waals surface area (Å²) in [5.74, 6) is 0.860. The highest BCUT2D eigenvalue weighted by Crippen LogP contribution is 2.33. The molecule has 7 nitrogen and oxygen atoms in total. The lowest BCUT2D eigenvalue weighted by Crippen LogP contribution is -2.40. The zero-order valence-corrected chi connectivity index (χ0v) is 15.3. The van der Waals surface area contributed by atoms with Crippen LogP contribution in [0.3, 0.4) is 0 Å². The Labute approximate surface area is 151 Å². The van der Waals surface area contributed by atoms with Crippen molar-refractivity contribution in [3.8, 4) is 0 Å². The first-order valence-electron chi connectivity index (χ1n) is 8.25. The molecule has 3 rings (SSSR count). The summed E-state index contributed by atoms with van der Waals surface area (Å²) in [5, 5.41) is 4.61. The Balaban J connectivity index is 1.68. The van der Waals surface area contributed by atoms with E-state index in [0.29, 0.717) is 29.9 Å². The van der Waals surface area contributed by atoms with E-state index in [0.717, 1.165) is 17.7 Å². The first kappa shape index (κ1) is 17.7. The van der Waals surface area contributed by atoms with Crippen LogP contribution in [0.5, 0.6) is 0 Å². The fraction of sp³-hybridized carbons (Fsp3) is 0.471. The Morgan fingerprint density at radius 3 is 3.08 bits per heavy atom. The maximum Gasteiger partial charge on any atom is 0.324 e. The number of urea groups is 1. The maximum atomic E-state index is 12.8. The lowest BCUT2D eigenvalue weighted by molar-refractivity contribution is 0.0683. The molecule has 0 radical (unpaired) electrons. The summed E-state index contributed by atoms with van der Waals surface area (Å²) >= 11 is 6.21. The van der Waals surface area contributed by atoms with Gasteiger partial charge in [-0.1, -0.05) is 22.8 Å². The lowest BCUT2D eigenvalue weighted by atomic mass is 10.2. The van der Waals surface area contributed by atoms with Crippen molar-refractivity contribution >= 4 is 23.3 Å². The van der Waals surface area contributed by atoms with Gasteiger partial charge in [0, 0.05) is 25.2 Å². The summed E-state index contributed by atoms with van der Waals surface area (Å²) in [6.07, 6.45) is 0.515. The first-order chi connectivity index (χ1) is 12.0. The number of carbonyl (C=O) groups excluding carboxylic acids is 1. The predicted octanol–water partition coefficient (Wildman–Crippen LogP) is 3.44. The van der Waals surface area contributed by atoms with Crippen LogP contribution in [0.4, 0.5) is 10.5 Å². The number of hydrogen-bond donors (Lipinski definition) is 0. The number of carbonyl (C=O) groups is 1. The molecule has 0 N–H and O–H groups in total. The molecular formula is C17H21ClN4O3. The first-order valence-corrected chi connectivity index (χ1v) is 8.63. The molecule has 0 fully saturated rings. The van der Waals surface area contributed by atoms with Crippen LogP contribution in [-0.2, 0) is 17.7 Å². The molecule has 2 amide bonds. The van der Waals surface area contributed by atoms with E-state index in [1.165, 1.54) is 0 Å². The maximum absolute atomic E-state index is 12.8. The van der Waals surface area contributed by atoms with Crippen molar-refractivity contribution in [2.45, 2.75) is 32.9 Å². The zero-order valence-electron chi connectivity index (χ0n) is 14.5. The van der Waals surface area contributed by atoms with Gasteiger partial charge in [0.15, 0.2) is 5.82 Å². The molecule has 8 heteroatoms. The fourth-order valence-corrected chi connectivity index (χ4v) is 3.15. The number of anilines is 1. The molecule has 0 spiro atoms.